The fourth-order valence-corrected chi connectivity index (χ4v) is 5.38. The summed E-state index contributed by atoms with van der Waals surface area (Å²) in [6.45, 7) is 1.92. The molecule has 4 rings (SSSR count). The first-order chi connectivity index (χ1) is 16.3. The van der Waals surface area contributed by atoms with Crippen molar-refractivity contribution in [1.29, 1.82) is 5.26 Å². The number of unbranched alkanes of at least 4 members (excludes halogenated alkanes) is 2. The van der Waals surface area contributed by atoms with Crippen LogP contribution in [0.3, 0.4) is 0 Å². The first kappa shape index (κ1) is 23.6. The first-order valence-corrected chi connectivity index (χ1v) is 12.0. The standard InChI is InChI=1S/C26H26FN5OS/c1-26(22-13-20(16-34-22)19-12-21(27)15-30-14-19)23(24(33)32(2)25(29)31-26)18-9-7-17(8-10-18)6-4-3-5-11-28/h7-10,12-16,23H,3-6H2,1-2H3,(H2,29,31)/t23-,26+/m0/s1. The molecule has 3 heterocycles. The summed E-state index contributed by atoms with van der Waals surface area (Å²) in [6.07, 6.45) is 6.05. The highest BCUT2D eigenvalue weighted by atomic mass is 32.1. The van der Waals surface area contributed by atoms with Crippen LogP contribution in [-0.2, 0) is 16.8 Å². The van der Waals surface area contributed by atoms with Crippen molar-refractivity contribution in [1.82, 2.24) is 9.88 Å². The number of hydrogen-bond donors (Lipinski definition) is 1. The number of rotatable bonds is 7. The number of aryl methyl sites for hydroxylation is 1. The van der Waals surface area contributed by atoms with Crippen molar-refractivity contribution in [3.63, 3.8) is 0 Å². The second kappa shape index (κ2) is 9.74. The smallest absolute Gasteiger partial charge is 0.239 e. The van der Waals surface area contributed by atoms with Crippen LogP contribution < -0.4 is 5.73 Å². The van der Waals surface area contributed by atoms with Gasteiger partial charge in [0.25, 0.3) is 0 Å². The Balaban J connectivity index is 1.69. The van der Waals surface area contributed by atoms with Gasteiger partial charge in [0, 0.05) is 30.1 Å². The third-order valence-electron chi connectivity index (χ3n) is 6.28. The number of thiophene rings is 1. The summed E-state index contributed by atoms with van der Waals surface area (Å²) in [4.78, 5) is 24.4. The third kappa shape index (κ3) is 4.57. The van der Waals surface area contributed by atoms with Crippen LogP contribution in [0.25, 0.3) is 11.1 Å². The van der Waals surface area contributed by atoms with E-state index in [2.05, 4.69) is 11.1 Å². The molecule has 1 aliphatic rings. The van der Waals surface area contributed by atoms with Gasteiger partial charge < -0.3 is 5.73 Å². The minimum Gasteiger partial charge on any atom is -0.369 e. The Morgan fingerprint density at radius 2 is 1.97 bits per heavy atom. The molecular formula is C26H26FN5OS. The number of benzene rings is 1. The molecule has 3 aromatic rings. The predicted molar refractivity (Wildman–Crippen MR) is 132 cm³/mol. The molecule has 174 valence electrons. The van der Waals surface area contributed by atoms with Gasteiger partial charge in [-0.2, -0.15) is 5.26 Å². The summed E-state index contributed by atoms with van der Waals surface area (Å²) in [5, 5.41) is 10.6. The SMILES string of the molecule is CN1C(=O)[C@H](c2ccc(CCCCC#N)cc2)[C@@](C)(c2cc(-c3cncc(F)c3)cs2)N=C1N. The quantitative estimate of drug-likeness (QED) is 0.488. The number of halogens is 1. The number of carbonyl (C=O) groups is 1. The lowest BCUT2D eigenvalue weighted by Gasteiger charge is -2.40. The van der Waals surface area contributed by atoms with E-state index in [0.717, 1.165) is 35.3 Å². The highest BCUT2D eigenvalue weighted by Crippen LogP contribution is 2.47. The van der Waals surface area contributed by atoms with Crippen molar-refractivity contribution in [2.75, 3.05) is 7.05 Å². The topological polar surface area (TPSA) is 95.4 Å². The number of nitriles is 1. The number of likely N-dealkylation sites (N-methyl/N-ethyl adjacent to an activating group) is 1. The lowest BCUT2D eigenvalue weighted by Crippen LogP contribution is -2.52. The van der Waals surface area contributed by atoms with Crippen molar-refractivity contribution in [3.05, 3.63) is 76.0 Å². The normalized spacial score (nSPS) is 20.2. The van der Waals surface area contributed by atoms with Gasteiger partial charge in [-0.3, -0.25) is 14.7 Å². The van der Waals surface area contributed by atoms with Crippen LogP contribution >= 0.6 is 11.3 Å². The summed E-state index contributed by atoms with van der Waals surface area (Å²) < 4.78 is 13.7. The van der Waals surface area contributed by atoms with E-state index in [1.54, 1.807) is 13.2 Å². The second-order valence-electron chi connectivity index (χ2n) is 8.65. The van der Waals surface area contributed by atoms with E-state index in [-0.39, 0.29) is 11.9 Å². The molecule has 1 aliphatic heterocycles. The number of nitrogens with zero attached hydrogens (tertiary/aromatic N) is 4. The zero-order valence-corrected chi connectivity index (χ0v) is 20.0. The molecule has 0 aliphatic carbocycles. The Morgan fingerprint density at radius 3 is 2.68 bits per heavy atom. The molecule has 8 heteroatoms. The van der Waals surface area contributed by atoms with Gasteiger partial charge in [0.1, 0.15) is 11.4 Å². The molecule has 1 amide bonds. The summed E-state index contributed by atoms with van der Waals surface area (Å²) in [5.41, 5.74) is 8.74. The van der Waals surface area contributed by atoms with E-state index in [1.165, 1.54) is 34.1 Å². The molecule has 0 spiro atoms. The van der Waals surface area contributed by atoms with Gasteiger partial charge in [-0.05, 0) is 60.4 Å². The first-order valence-electron chi connectivity index (χ1n) is 11.1. The number of aromatic nitrogens is 1. The van der Waals surface area contributed by atoms with E-state index in [1.807, 2.05) is 42.6 Å². The molecule has 0 fully saturated rings. The Morgan fingerprint density at radius 1 is 1.21 bits per heavy atom. The highest BCUT2D eigenvalue weighted by Gasteiger charge is 2.48. The summed E-state index contributed by atoms with van der Waals surface area (Å²) >= 11 is 1.47. The van der Waals surface area contributed by atoms with Crippen molar-refractivity contribution in [3.8, 4) is 17.2 Å². The van der Waals surface area contributed by atoms with E-state index in [9.17, 15) is 9.18 Å². The Bertz CT molecular complexity index is 1260. The second-order valence-corrected chi connectivity index (χ2v) is 9.56. The minimum atomic E-state index is -0.911. The van der Waals surface area contributed by atoms with Crippen LogP contribution in [0.2, 0.25) is 0 Å². The van der Waals surface area contributed by atoms with Crippen molar-refractivity contribution in [2.24, 2.45) is 10.7 Å². The molecule has 0 radical (unpaired) electrons. The maximum atomic E-state index is 13.7. The number of guanidine groups is 1. The lowest BCUT2D eigenvalue weighted by molar-refractivity contribution is -0.130. The predicted octanol–water partition coefficient (Wildman–Crippen LogP) is 4.97. The molecule has 0 saturated carbocycles. The molecule has 0 bridgehead atoms. The van der Waals surface area contributed by atoms with Gasteiger partial charge >= 0.3 is 0 Å². The molecule has 6 nitrogen and oxygen atoms in total. The number of nitrogens with two attached hydrogens (primary N) is 1. The molecule has 0 saturated heterocycles. The Kier molecular flexibility index (Phi) is 6.75. The van der Waals surface area contributed by atoms with Crippen LogP contribution in [0, 0.1) is 17.1 Å². The van der Waals surface area contributed by atoms with Crippen LogP contribution in [0.5, 0.6) is 0 Å². The third-order valence-corrected chi connectivity index (χ3v) is 7.44. The van der Waals surface area contributed by atoms with Crippen molar-refractivity contribution >= 4 is 23.2 Å². The van der Waals surface area contributed by atoms with Crippen LogP contribution in [0.4, 0.5) is 4.39 Å². The number of pyridine rings is 1. The van der Waals surface area contributed by atoms with Crippen LogP contribution in [0.1, 0.15) is 48.1 Å². The number of amides is 1. The molecular weight excluding hydrogens is 449 g/mol. The molecule has 0 unspecified atom stereocenters. The lowest BCUT2D eigenvalue weighted by atomic mass is 9.77. The molecule has 1 aromatic carbocycles. The summed E-state index contributed by atoms with van der Waals surface area (Å²) in [6, 6.07) is 13.6. The average Bonchev–Trinajstić information content (AvgIpc) is 3.33. The van der Waals surface area contributed by atoms with Crippen LogP contribution in [0.15, 0.2) is 59.2 Å². The maximum absolute atomic E-state index is 13.7. The highest BCUT2D eigenvalue weighted by molar-refractivity contribution is 7.10. The van der Waals surface area contributed by atoms with Gasteiger partial charge in [-0.1, -0.05) is 24.3 Å². The fraction of sp³-hybridized carbons (Fsp3) is 0.308. The van der Waals surface area contributed by atoms with Gasteiger partial charge in [-0.25, -0.2) is 9.38 Å². The van der Waals surface area contributed by atoms with E-state index < -0.39 is 17.3 Å². The molecule has 2 aromatic heterocycles. The summed E-state index contributed by atoms with van der Waals surface area (Å²) in [7, 11) is 1.63. The Labute approximate surface area is 202 Å². The van der Waals surface area contributed by atoms with Gasteiger partial charge in [0.15, 0.2) is 5.96 Å². The Hall–Kier alpha value is -3.57. The van der Waals surface area contributed by atoms with Crippen molar-refractivity contribution < 1.29 is 9.18 Å². The number of aliphatic imine (C=N–C) groups is 1. The zero-order chi connectivity index (χ0) is 24.3. The monoisotopic (exact) mass is 475 g/mol. The molecule has 2 N–H and O–H groups in total. The van der Waals surface area contributed by atoms with E-state index >= 15 is 0 Å². The van der Waals surface area contributed by atoms with Gasteiger partial charge in [0.2, 0.25) is 5.91 Å². The maximum Gasteiger partial charge on any atom is 0.239 e. The van der Waals surface area contributed by atoms with Gasteiger partial charge in [-0.15, -0.1) is 11.3 Å². The van der Waals surface area contributed by atoms with E-state index in [0.29, 0.717) is 12.0 Å². The largest absolute Gasteiger partial charge is 0.369 e. The molecule has 2 atom stereocenters. The number of carbonyl (C=O) groups excluding carboxylic acids is 1. The molecule has 34 heavy (non-hydrogen) atoms. The van der Waals surface area contributed by atoms with Gasteiger partial charge in [0.05, 0.1) is 18.2 Å². The van der Waals surface area contributed by atoms with Crippen molar-refractivity contribution in [2.45, 2.75) is 44.1 Å². The fourth-order valence-electron chi connectivity index (χ4n) is 4.32. The van der Waals surface area contributed by atoms with Crippen LogP contribution in [-0.4, -0.2) is 28.8 Å². The summed E-state index contributed by atoms with van der Waals surface area (Å²) in [5.74, 6) is -0.923. The number of hydrogen-bond acceptors (Lipinski definition) is 6. The minimum absolute atomic E-state index is 0.126. The zero-order valence-electron chi connectivity index (χ0n) is 19.2. The average molecular weight is 476 g/mol. The van der Waals surface area contributed by atoms with E-state index in [4.69, 9.17) is 16.0 Å².